The van der Waals surface area contributed by atoms with Crippen LogP contribution in [0.1, 0.15) is 5.56 Å². The molecule has 0 saturated heterocycles. The number of nitrogens with one attached hydrogen (secondary N) is 1. The standard InChI is InChI=1S/C14H12N2O2/c1-9-4-5-15-11(6-9)10-2-3-13-12(7-10)16-14(17)8-18-13/h2-7H,8H2,1H3,(H,16,17). The molecule has 4 nitrogen and oxygen atoms in total. The number of hydrogen-bond acceptors (Lipinski definition) is 3. The quantitative estimate of drug-likeness (QED) is 0.832. The van der Waals surface area contributed by atoms with Crippen molar-refractivity contribution in [1.82, 2.24) is 4.98 Å². The number of carbonyl (C=O) groups is 1. The van der Waals surface area contributed by atoms with Gasteiger partial charge in [-0.05, 0) is 42.8 Å². The molecule has 0 spiro atoms. The van der Waals surface area contributed by atoms with E-state index in [1.54, 1.807) is 6.20 Å². The average Bonchev–Trinajstić information content (AvgIpc) is 2.38. The molecule has 2 aromatic rings. The number of nitrogens with zero attached hydrogens (tertiary/aromatic N) is 1. The van der Waals surface area contributed by atoms with Crippen molar-refractivity contribution in [2.75, 3.05) is 11.9 Å². The molecule has 0 radical (unpaired) electrons. The van der Waals surface area contributed by atoms with Gasteiger partial charge in [0.1, 0.15) is 5.75 Å². The van der Waals surface area contributed by atoms with Gasteiger partial charge in [-0.15, -0.1) is 0 Å². The summed E-state index contributed by atoms with van der Waals surface area (Å²) in [5.41, 5.74) is 3.70. The maximum absolute atomic E-state index is 11.3. The summed E-state index contributed by atoms with van der Waals surface area (Å²) in [6.07, 6.45) is 1.78. The predicted octanol–water partition coefficient (Wildman–Crippen LogP) is 2.39. The highest BCUT2D eigenvalue weighted by Crippen LogP contribution is 2.32. The second kappa shape index (κ2) is 4.14. The average molecular weight is 240 g/mol. The Morgan fingerprint density at radius 1 is 1.28 bits per heavy atom. The van der Waals surface area contributed by atoms with Gasteiger partial charge in [-0.3, -0.25) is 9.78 Å². The first-order chi connectivity index (χ1) is 8.72. The first-order valence-electron chi connectivity index (χ1n) is 5.72. The first kappa shape index (κ1) is 10.8. The molecule has 1 aliphatic rings. The lowest BCUT2D eigenvalue weighted by Gasteiger charge is -2.18. The Balaban J connectivity index is 2.04. The fraction of sp³-hybridized carbons (Fsp3) is 0.143. The van der Waals surface area contributed by atoms with Crippen molar-refractivity contribution in [3.05, 3.63) is 42.1 Å². The minimum absolute atomic E-state index is 0.0784. The fourth-order valence-electron chi connectivity index (χ4n) is 1.94. The summed E-state index contributed by atoms with van der Waals surface area (Å²) in [5.74, 6) is 0.572. The van der Waals surface area contributed by atoms with Crippen LogP contribution in [0.15, 0.2) is 36.5 Å². The Kier molecular flexibility index (Phi) is 2.48. The lowest BCUT2D eigenvalue weighted by molar-refractivity contribution is -0.118. The number of fused-ring (bicyclic) bond motifs is 1. The molecule has 3 rings (SSSR count). The molecule has 1 amide bonds. The smallest absolute Gasteiger partial charge is 0.262 e. The molecule has 18 heavy (non-hydrogen) atoms. The van der Waals surface area contributed by atoms with E-state index in [4.69, 9.17) is 4.74 Å². The van der Waals surface area contributed by atoms with Gasteiger partial charge in [0.05, 0.1) is 11.4 Å². The van der Waals surface area contributed by atoms with Gasteiger partial charge >= 0.3 is 0 Å². The summed E-state index contributed by atoms with van der Waals surface area (Å²) >= 11 is 0. The van der Waals surface area contributed by atoms with E-state index in [1.165, 1.54) is 0 Å². The zero-order chi connectivity index (χ0) is 12.5. The largest absolute Gasteiger partial charge is 0.482 e. The Hall–Kier alpha value is -2.36. The van der Waals surface area contributed by atoms with Crippen molar-refractivity contribution in [2.24, 2.45) is 0 Å². The summed E-state index contributed by atoms with van der Waals surface area (Å²) in [6.45, 7) is 2.10. The van der Waals surface area contributed by atoms with E-state index in [-0.39, 0.29) is 12.5 Å². The van der Waals surface area contributed by atoms with Crippen molar-refractivity contribution in [2.45, 2.75) is 6.92 Å². The van der Waals surface area contributed by atoms with Gasteiger partial charge in [-0.1, -0.05) is 0 Å². The zero-order valence-corrected chi connectivity index (χ0v) is 9.93. The Morgan fingerprint density at radius 3 is 3.00 bits per heavy atom. The normalized spacial score (nSPS) is 13.5. The number of amides is 1. The van der Waals surface area contributed by atoms with Gasteiger partial charge in [0.15, 0.2) is 6.61 Å². The number of carbonyl (C=O) groups excluding carboxylic acids is 1. The third kappa shape index (κ3) is 1.93. The third-order valence-electron chi connectivity index (χ3n) is 2.82. The lowest BCUT2D eigenvalue weighted by atomic mass is 10.1. The van der Waals surface area contributed by atoms with E-state index in [1.807, 2.05) is 37.3 Å². The number of pyridine rings is 1. The highest BCUT2D eigenvalue weighted by atomic mass is 16.5. The molecule has 90 valence electrons. The first-order valence-corrected chi connectivity index (χ1v) is 5.72. The number of aryl methyl sites for hydroxylation is 1. The van der Waals surface area contributed by atoms with Crippen LogP contribution in [0.3, 0.4) is 0 Å². The van der Waals surface area contributed by atoms with Crippen LogP contribution in [0.4, 0.5) is 5.69 Å². The van der Waals surface area contributed by atoms with Crippen LogP contribution < -0.4 is 10.1 Å². The van der Waals surface area contributed by atoms with Gasteiger partial charge in [0, 0.05) is 11.8 Å². The van der Waals surface area contributed by atoms with Crippen molar-refractivity contribution in [3.8, 4) is 17.0 Å². The minimum atomic E-state index is -0.128. The topological polar surface area (TPSA) is 51.2 Å². The zero-order valence-electron chi connectivity index (χ0n) is 9.93. The Morgan fingerprint density at radius 2 is 2.17 bits per heavy atom. The Bertz CT molecular complexity index is 623. The number of aromatic nitrogens is 1. The Labute approximate surface area is 105 Å². The molecule has 0 fully saturated rings. The van der Waals surface area contributed by atoms with Gasteiger partial charge in [0.2, 0.25) is 0 Å². The molecule has 4 heteroatoms. The van der Waals surface area contributed by atoms with Crippen LogP contribution in [-0.4, -0.2) is 17.5 Å². The molecule has 1 aromatic carbocycles. The molecule has 2 heterocycles. The third-order valence-corrected chi connectivity index (χ3v) is 2.82. The molecule has 1 aliphatic heterocycles. The minimum Gasteiger partial charge on any atom is -0.482 e. The monoisotopic (exact) mass is 240 g/mol. The molecule has 1 N–H and O–H groups in total. The summed E-state index contributed by atoms with van der Waals surface area (Å²) in [6, 6.07) is 9.64. The van der Waals surface area contributed by atoms with Crippen LogP contribution in [-0.2, 0) is 4.79 Å². The van der Waals surface area contributed by atoms with Crippen molar-refractivity contribution >= 4 is 11.6 Å². The second-order valence-electron chi connectivity index (χ2n) is 4.27. The van der Waals surface area contributed by atoms with Gasteiger partial charge in [-0.2, -0.15) is 0 Å². The van der Waals surface area contributed by atoms with Crippen LogP contribution in [0.5, 0.6) is 5.75 Å². The van der Waals surface area contributed by atoms with Crippen molar-refractivity contribution < 1.29 is 9.53 Å². The van der Waals surface area contributed by atoms with Gasteiger partial charge < -0.3 is 10.1 Å². The molecular weight excluding hydrogens is 228 g/mol. The lowest BCUT2D eigenvalue weighted by Crippen LogP contribution is -2.25. The maximum Gasteiger partial charge on any atom is 0.262 e. The number of rotatable bonds is 1. The van der Waals surface area contributed by atoms with E-state index in [0.29, 0.717) is 11.4 Å². The van der Waals surface area contributed by atoms with Crippen LogP contribution >= 0.6 is 0 Å². The van der Waals surface area contributed by atoms with E-state index in [0.717, 1.165) is 16.8 Å². The van der Waals surface area contributed by atoms with E-state index < -0.39 is 0 Å². The predicted molar refractivity (Wildman–Crippen MR) is 68.5 cm³/mol. The van der Waals surface area contributed by atoms with Crippen LogP contribution in [0, 0.1) is 6.92 Å². The van der Waals surface area contributed by atoms with Gasteiger partial charge in [-0.25, -0.2) is 0 Å². The summed E-state index contributed by atoms with van der Waals surface area (Å²) in [5, 5.41) is 2.79. The van der Waals surface area contributed by atoms with Crippen molar-refractivity contribution in [1.29, 1.82) is 0 Å². The summed E-state index contributed by atoms with van der Waals surface area (Å²) < 4.78 is 5.32. The molecule has 0 unspecified atom stereocenters. The maximum atomic E-state index is 11.3. The van der Waals surface area contributed by atoms with E-state index in [2.05, 4.69) is 10.3 Å². The number of anilines is 1. The number of benzene rings is 1. The highest BCUT2D eigenvalue weighted by Gasteiger charge is 2.16. The molecular formula is C14H12N2O2. The summed E-state index contributed by atoms with van der Waals surface area (Å²) in [7, 11) is 0. The molecule has 0 saturated carbocycles. The molecule has 0 atom stereocenters. The van der Waals surface area contributed by atoms with Crippen molar-refractivity contribution in [3.63, 3.8) is 0 Å². The molecule has 0 bridgehead atoms. The SMILES string of the molecule is Cc1ccnc(-c2ccc3c(c2)NC(=O)CO3)c1. The highest BCUT2D eigenvalue weighted by molar-refractivity contribution is 5.96. The van der Waals surface area contributed by atoms with E-state index >= 15 is 0 Å². The molecule has 0 aliphatic carbocycles. The molecule has 1 aromatic heterocycles. The van der Waals surface area contributed by atoms with Gasteiger partial charge in [0.25, 0.3) is 5.91 Å². The summed E-state index contributed by atoms with van der Waals surface area (Å²) in [4.78, 5) is 15.6. The fourth-order valence-corrected chi connectivity index (χ4v) is 1.94. The number of ether oxygens (including phenoxy) is 1. The second-order valence-corrected chi connectivity index (χ2v) is 4.27. The van der Waals surface area contributed by atoms with Crippen LogP contribution in [0.2, 0.25) is 0 Å². The van der Waals surface area contributed by atoms with Crippen LogP contribution in [0.25, 0.3) is 11.3 Å². The van der Waals surface area contributed by atoms with E-state index in [9.17, 15) is 4.79 Å². The number of hydrogen-bond donors (Lipinski definition) is 1.